The highest BCUT2D eigenvalue weighted by Crippen LogP contribution is 2.22. The van der Waals surface area contributed by atoms with Crippen molar-refractivity contribution in [3.05, 3.63) is 24.3 Å². The van der Waals surface area contributed by atoms with Crippen molar-refractivity contribution in [3.63, 3.8) is 0 Å². The van der Waals surface area contributed by atoms with Gasteiger partial charge in [0.25, 0.3) is 0 Å². The third kappa shape index (κ3) is 2.62. The van der Waals surface area contributed by atoms with E-state index in [1.54, 1.807) is 6.92 Å². The van der Waals surface area contributed by atoms with Gasteiger partial charge in [0.15, 0.2) is 0 Å². The first-order valence-electron chi connectivity index (χ1n) is 5.58. The smallest absolute Gasteiger partial charge is 0.222 e. The molecule has 7 heteroatoms. The van der Waals surface area contributed by atoms with Crippen LogP contribution in [0.1, 0.15) is 17.9 Å². The van der Waals surface area contributed by atoms with E-state index < -0.39 is 15.3 Å². The van der Waals surface area contributed by atoms with Gasteiger partial charge in [-0.15, -0.1) is 0 Å². The van der Waals surface area contributed by atoms with E-state index in [1.165, 1.54) is 22.9 Å². The Hall–Kier alpha value is -1.05. The number of hydrogen-bond acceptors (Lipinski definition) is 5. The average molecular weight is 256 g/mol. The Morgan fingerprint density at radius 1 is 1.35 bits per heavy atom. The summed E-state index contributed by atoms with van der Waals surface area (Å²) in [6.45, 7) is 4.10. The fourth-order valence-electron chi connectivity index (χ4n) is 1.80. The number of aromatic nitrogens is 2. The second-order valence-electron chi connectivity index (χ2n) is 3.97. The van der Waals surface area contributed by atoms with E-state index in [0.717, 1.165) is 0 Å². The normalized spacial score (nSPS) is 20.1. The van der Waals surface area contributed by atoms with Crippen molar-refractivity contribution in [2.75, 3.05) is 26.2 Å². The highest BCUT2D eigenvalue weighted by Gasteiger charge is 2.31. The standard InChI is InChI=1S/C10H16N4O2S/c1-9(10-8-12-2-3-13-10)17(15,16)14-6-4-11-5-7-14/h2-3,8-9,11H,4-7H2,1H3/t9-/m0/s1. The topological polar surface area (TPSA) is 75.2 Å². The molecular weight excluding hydrogens is 240 g/mol. The number of piperazine rings is 1. The molecule has 1 aliphatic heterocycles. The summed E-state index contributed by atoms with van der Waals surface area (Å²) in [7, 11) is -3.32. The van der Waals surface area contributed by atoms with Crippen molar-refractivity contribution in [3.8, 4) is 0 Å². The molecule has 0 unspecified atom stereocenters. The Morgan fingerprint density at radius 2 is 2.06 bits per heavy atom. The fraction of sp³-hybridized carbons (Fsp3) is 0.600. The molecule has 0 aliphatic carbocycles. The summed E-state index contributed by atoms with van der Waals surface area (Å²) >= 11 is 0. The molecule has 1 atom stereocenters. The maximum Gasteiger partial charge on any atom is 0.222 e. The van der Waals surface area contributed by atoms with Crippen LogP contribution in [0.15, 0.2) is 18.6 Å². The van der Waals surface area contributed by atoms with Gasteiger partial charge in [-0.2, -0.15) is 4.31 Å². The van der Waals surface area contributed by atoms with Gasteiger partial charge >= 0.3 is 0 Å². The lowest BCUT2D eigenvalue weighted by atomic mass is 10.3. The minimum absolute atomic E-state index is 0.492. The molecule has 1 N–H and O–H groups in total. The molecular formula is C10H16N4O2S. The predicted octanol–water partition coefficient (Wildman–Crippen LogP) is -0.227. The van der Waals surface area contributed by atoms with E-state index in [1.807, 2.05) is 0 Å². The minimum atomic E-state index is -3.32. The SMILES string of the molecule is C[C@@H](c1cnccn1)S(=O)(=O)N1CCNCC1. The third-order valence-corrected chi connectivity index (χ3v) is 5.10. The molecule has 6 nitrogen and oxygen atoms in total. The zero-order valence-corrected chi connectivity index (χ0v) is 10.5. The summed E-state index contributed by atoms with van der Waals surface area (Å²) < 4.78 is 26.1. The summed E-state index contributed by atoms with van der Waals surface area (Å²) in [5, 5.41) is 2.49. The van der Waals surface area contributed by atoms with Crippen LogP contribution in [-0.2, 0) is 10.0 Å². The summed E-state index contributed by atoms with van der Waals surface area (Å²) in [6, 6.07) is 0. The Balaban J connectivity index is 2.20. The van der Waals surface area contributed by atoms with E-state index in [9.17, 15) is 8.42 Å². The van der Waals surface area contributed by atoms with Gasteiger partial charge in [-0.1, -0.05) is 0 Å². The molecule has 0 spiro atoms. The van der Waals surface area contributed by atoms with Gasteiger partial charge in [-0.3, -0.25) is 9.97 Å². The number of sulfonamides is 1. The van der Waals surface area contributed by atoms with Crippen LogP contribution in [0.25, 0.3) is 0 Å². The lowest BCUT2D eigenvalue weighted by Crippen LogP contribution is -2.47. The molecule has 1 fully saturated rings. The molecule has 0 radical (unpaired) electrons. The first-order valence-corrected chi connectivity index (χ1v) is 7.08. The van der Waals surface area contributed by atoms with Gasteiger partial charge in [0, 0.05) is 44.8 Å². The van der Waals surface area contributed by atoms with E-state index >= 15 is 0 Å². The molecule has 1 saturated heterocycles. The molecule has 0 saturated carbocycles. The second kappa shape index (κ2) is 5.07. The number of rotatable bonds is 3. The lowest BCUT2D eigenvalue weighted by Gasteiger charge is -2.29. The number of nitrogens with one attached hydrogen (secondary N) is 1. The zero-order valence-electron chi connectivity index (χ0n) is 9.70. The molecule has 94 valence electrons. The summed E-state index contributed by atoms with van der Waals surface area (Å²) in [6.07, 6.45) is 4.55. The summed E-state index contributed by atoms with van der Waals surface area (Å²) in [5.74, 6) is 0. The largest absolute Gasteiger partial charge is 0.314 e. The van der Waals surface area contributed by atoms with E-state index in [2.05, 4.69) is 15.3 Å². The van der Waals surface area contributed by atoms with Crippen LogP contribution in [0.3, 0.4) is 0 Å². The van der Waals surface area contributed by atoms with Gasteiger partial charge in [0.1, 0.15) is 5.25 Å². The molecule has 2 rings (SSSR count). The van der Waals surface area contributed by atoms with Crippen LogP contribution < -0.4 is 5.32 Å². The molecule has 1 aliphatic rings. The average Bonchev–Trinajstić information content (AvgIpc) is 2.40. The van der Waals surface area contributed by atoms with Crippen molar-refractivity contribution >= 4 is 10.0 Å². The van der Waals surface area contributed by atoms with Gasteiger partial charge in [-0.25, -0.2) is 8.42 Å². The van der Waals surface area contributed by atoms with Gasteiger partial charge < -0.3 is 5.32 Å². The molecule has 2 heterocycles. The molecule has 1 aromatic heterocycles. The summed E-state index contributed by atoms with van der Waals surface area (Å²) in [4.78, 5) is 7.96. The maximum absolute atomic E-state index is 12.3. The molecule has 17 heavy (non-hydrogen) atoms. The highest BCUT2D eigenvalue weighted by molar-refractivity contribution is 7.89. The van der Waals surface area contributed by atoms with Crippen molar-refractivity contribution in [2.45, 2.75) is 12.2 Å². The summed E-state index contributed by atoms with van der Waals surface area (Å²) in [5.41, 5.74) is 0.492. The van der Waals surface area contributed by atoms with Crippen molar-refractivity contribution in [2.24, 2.45) is 0 Å². The zero-order chi connectivity index (χ0) is 12.3. The Bertz CT molecular complexity index is 456. The maximum atomic E-state index is 12.3. The van der Waals surface area contributed by atoms with Crippen LogP contribution >= 0.6 is 0 Å². The van der Waals surface area contributed by atoms with Gasteiger partial charge in [-0.05, 0) is 6.92 Å². The van der Waals surface area contributed by atoms with Crippen LogP contribution in [0.5, 0.6) is 0 Å². The third-order valence-electron chi connectivity index (χ3n) is 2.88. The minimum Gasteiger partial charge on any atom is -0.314 e. The van der Waals surface area contributed by atoms with Gasteiger partial charge in [0.05, 0.1) is 5.69 Å². The van der Waals surface area contributed by atoms with Gasteiger partial charge in [0.2, 0.25) is 10.0 Å². The fourth-order valence-corrected chi connectivity index (χ4v) is 3.36. The quantitative estimate of drug-likeness (QED) is 0.808. The second-order valence-corrected chi connectivity index (χ2v) is 6.22. The van der Waals surface area contributed by atoms with Crippen molar-refractivity contribution < 1.29 is 8.42 Å². The van der Waals surface area contributed by atoms with Crippen LogP contribution in [0.2, 0.25) is 0 Å². The van der Waals surface area contributed by atoms with E-state index in [4.69, 9.17) is 0 Å². The Kier molecular flexibility index (Phi) is 3.70. The molecule has 0 bridgehead atoms. The van der Waals surface area contributed by atoms with E-state index in [-0.39, 0.29) is 0 Å². The predicted molar refractivity (Wildman–Crippen MR) is 63.8 cm³/mol. The van der Waals surface area contributed by atoms with Crippen molar-refractivity contribution in [1.29, 1.82) is 0 Å². The Labute approximate surface area is 101 Å². The van der Waals surface area contributed by atoms with Crippen LogP contribution in [0.4, 0.5) is 0 Å². The molecule has 0 amide bonds. The lowest BCUT2D eigenvalue weighted by molar-refractivity contribution is 0.356. The van der Waals surface area contributed by atoms with E-state index in [0.29, 0.717) is 31.9 Å². The number of nitrogens with zero attached hydrogens (tertiary/aromatic N) is 3. The monoisotopic (exact) mass is 256 g/mol. The molecule has 0 aromatic carbocycles. The first kappa shape index (κ1) is 12.4. The van der Waals surface area contributed by atoms with Crippen LogP contribution in [-0.4, -0.2) is 48.9 Å². The highest BCUT2D eigenvalue weighted by atomic mass is 32.2. The Morgan fingerprint density at radius 3 is 2.65 bits per heavy atom. The first-order chi connectivity index (χ1) is 8.12. The van der Waals surface area contributed by atoms with Crippen molar-refractivity contribution in [1.82, 2.24) is 19.6 Å². The van der Waals surface area contributed by atoms with Crippen LogP contribution in [0, 0.1) is 0 Å². The number of hydrogen-bond donors (Lipinski definition) is 1. The molecule has 1 aromatic rings.